The fourth-order valence-corrected chi connectivity index (χ4v) is 4.35. The molecule has 1 unspecified atom stereocenters. The van der Waals surface area contributed by atoms with Crippen molar-refractivity contribution in [2.75, 3.05) is 5.32 Å². The lowest BCUT2D eigenvalue weighted by Crippen LogP contribution is -2.52. The van der Waals surface area contributed by atoms with E-state index in [1.54, 1.807) is 13.8 Å². The minimum Gasteiger partial charge on any atom is -0.334 e. The van der Waals surface area contributed by atoms with Crippen molar-refractivity contribution in [2.45, 2.75) is 57.9 Å². The van der Waals surface area contributed by atoms with Crippen molar-refractivity contribution in [1.82, 2.24) is 15.5 Å². The van der Waals surface area contributed by atoms with Gasteiger partial charge in [0.1, 0.15) is 11.9 Å². The lowest BCUT2D eigenvalue weighted by atomic mass is 9.99. The van der Waals surface area contributed by atoms with E-state index in [-0.39, 0.29) is 54.2 Å². The summed E-state index contributed by atoms with van der Waals surface area (Å²) in [4.78, 5) is 50.1. The Labute approximate surface area is 209 Å². The number of anilines is 1. The zero-order valence-electron chi connectivity index (χ0n) is 20.0. The van der Waals surface area contributed by atoms with Crippen LogP contribution in [0.2, 0.25) is 0 Å². The van der Waals surface area contributed by atoms with E-state index < -0.39 is 47.4 Å². The van der Waals surface area contributed by atoms with Gasteiger partial charge in [-0.05, 0) is 53.8 Å². The van der Waals surface area contributed by atoms with Crippen molar-refractivity contribution in [3.05, 3.63) is 64.0 Å². The van der Waals surface area contributed by atoms with E-state index in [1.165, 1.54) is 17.0 Å². The Kier molecular flexibility index (Phi) is 6.94. The van der Waals surface area contributed by atoms with E-state index in [1.807, 2.05) is 0 Å². The molecule has 1 atom stereocenters. The maximum absolute atomic E-state index is 14.8. The van der Waals surface area contributed by atoms with Crippen LogP contribution in [0.25, 0.3) is 0 Å². The SMILES string of the molecule is CC(C)c1cc(NC(=O)NCc2cc(F)c3c(c2)C(=O)N(C2CCC(=O)NC2=O)C3)cc(C(F)(F)F)c1. The van der Waals surface area contributed by atoms with E-state index >= 15 is 0 Å². The highest BCUT2D eigenvalue weighted by Gasteiger charge is 2.40. The molecule has 37 heavy (non-hydrogen) atoms. The third-order valence-electron chi connectivity index (χ3n) is 6.32. The number of rotatable bonds is 5. The number of imide groups is 1. The fourth-order valence-electron chi connectivity index (χ4n) is 4.35. The van der Waals surface area contributed by atoms with Crippen molar-refractivity contribution < 1.29 is 36.7 Å². The Morgan fingerprint density at radius 1 is 1.14 bits per heavy atom. The summed E-state index contributed by atoms with van der Waals surface area (Å²) in [5.41, 5.74) is -0.156. The Morgan fingerprint density at radius 3 is 2.51 bits per heavy atom. The van der Waals surface area contributed by atoms with Crippen LogP contribution in [0.5, 0.6) is 0 Å². The molecule has 5 amide bonds. The minimum atomic E-state index is -4.59. The molecule has 8 nitrogen and oxygen atoms in total. The van der Waals surface area contributed by atoms with Crippen LogP contribution in [0, 0.1) is 5.82 Å². The molecule has 3 N–H and O–H groups in total. The van der Waals surface area contributed by atoms with Gasteiger partial charge in [0.25, 0.3) is 5.91 Å². The first-order valence-electron chi connectivity index (χ1n) is 11.6. The third-order valence-corrected chi connectivity index (χ3v) is 6.32. The number of hydrogen-bond acceptors (Lipinski definition) is 4. The maximum atomic E-state index is 14.8. The molecule has 2 aliphatic heterocycles. The van der Waals surface area contributed by atoms with Gasteiger partial charge in [-0.1, -0.05) is 13.8 Å². The Hall–Kier alpha value is -3.96. The number of alkyl halides is 3. The quantitative estimate of drug-likeness (QED) is 0.408. The van der Waals surface area contributed by atoms with Crippen LogP contribution in [-0.4, -0.2) is 34.7 Å². The molecular weight excluding hydrogens is 496 g/mol. The van der Waals surface area contributed by atoms with Crippen LogP contribution in [0.15, 0.2) is 30.3 Å². The summed E-state index contributed by atoms with van der Waals surface area (Å²) in [6.45, 7) is 3.11. The molecule has 0 aliphatic carbocycles. The number of halogens is 4. The van der Waals surface area contributed by atoms with Gasteiger partial charge in [0.05, 0.1) is 12.1 Å². The Morgan fingerprint density at radius 2 is 1.86 bits per heavy atom. The first-order chi connectivity index (χ1) is 17.3. The number of hydrogen-bond donors (Lipinski definition) is 3. The maximum Gasteiger partial charge on any atom is 0.416 e. The topological polar surface area (TPSA) is 108 Å². The van der Waals surface area contributed by atoms with E-state index in [9.17, 15) is 36.7 Å². The zero-order chi connectivity index (χ0) is 27.1. The summed E-state index contributed by atoms with van der Waals surface area (Å²) in [5.74, 6) is -2.53. The standard InChI is InChI=1S/C25H24F4N4O4/c1-12(2)14-7-15(25(27,28)29)9-16(8-14)31-24(37)30-10-13-5-17-18(19(26)6-13)11-33(23(17)36)20-3-4-21(34)32-22(20)35/h5-9,12,20H,3-4,10-11H2,1-2H3,(H2,30,31,37)(H,32,34,35). The average Bonchev–Trinajstić information content (AvgIpc) is 3.13. The van der Waals surface area contributed by atoms with Crippen molar-refractivity contribution in [3.8, 4) is 0 Å². The highest BCUT2D eigenvalue weighted by molar-refractivity contribution is 6.05. The molecule has 4 rings (SSSR count). The molecule has 2 aromatic rings. The number of carbonyl (C=O) groups is 4. The van der Waals surface area contributed by atoms with Gasteiger partial charge in [-0.2, -0.15) is 13.2 Å². The summed E-state index contributed by atoms with van der Waals surface area (Å²) < 4.78 is 54.6. The summed E-state index contributed by atoms with van der Waals surface area (Å²) in [7, 11) is 0. The second kappa shape index (κ2) is 9.83. The molecule has 1 saturated heterocycles. The summed E-state index contributed by atoms with van der Waals surface area (Å²) in [6, 6.07) is 4.12. The molecule has 0 radical (unpaired) electrons. The summed E-state index contributed by atoms with van der Waals surface area (Å²) >= 11 is 0. The lowest BCUT2D eigenvalue weighted by Gasteiger charge is -2.29. The van der Waals surface area contributed by atoms with Crippen molar-refractivity contribution in [1.29, 1.82) is 0 Å². The van der Waals surface area contributed by atoms with Crippen molar-refractivity contribution in [2.24, 2.45) is 0 Å². The van der Waals surface area contributed by atoms with E-state index in [0.717, 1.165) is 18.2 Å². The van der Waals surface area contributed by atoms with Crippen LogP contribution in [0.4, 0.5) is 28.0 Å². The molecule has 1 fully saturated rings. The zero-order valence-corrected chi connectivity index (χ0v) is 20.0. The van der Waals surface area contributed by atoms with Gasteiger partial charge in [-0.25, -0.2) is 9.18 Å². The first kappa shape index (κ1) is 26.1. The smallest absolute Gasteiger partial charge is 0.334 e. The van der Waals surface area contributed by atoms with Crippen molar-refractivity contribution in [3.63, 3.8) is 0 Å². The van der Waals surface area contributed by atoms with Gasteiger partial charge < -0.3 is 15.5 Å². The number of nitrogens with zero attached hydrogens (tertiary/aromatic N) is 1. The highest BCUT2D eigenvalue weighted by Crippen LogP contribution is 2.34. The molecule has 196 valence electrons. The first-order valence-corrected chi connectivity index (χ1v) is 11.6. The summed E-state index contributed by atoms with van der Waals surface area (Å²) in [6.07, 6.45) is -4.39. The number of fused-ring (bicyclic) bond motifs is 1. The van der Waals surface area contributed by atoms with Crippen LogP contribution >= 0.6 is 0 Å². The van der Waals surface area contributed by atoms with E-state index in [4.69, 9.17) is 0 Å². The number of urea groups is 1. The number of carbonyl (C=O) groups excluding carboxylic acids is 4. The largest absolute Gasteiger partial charge is 0.416 e. The highest BCUT2D eigenvalue weighted by atomic mass is 19.4. The second-order valence-electron chi connectivity index (χ2n) is 9.31. The van der Waals surface area contributed by atoms with Crippen LogP contribution < -0.4 is 16.0 Å². The molecule has 0 saturated carbocycles. The van der Waals surface area contributed by atoms with Gasteiger partial charge in [0.15, 0.2) is 0 Å². The molecule has 2 heterocycles. The normalized spacial score (nSPS) is 17.6. The van der Waals surface area contributed by atoms with Gasteiger partial charge in [-0.15, -0.1) is 0 Å². The monoisotopic (exact) mass is 520 g/mol. The fraction of sp³-hybridized carbons (Fsp3) is 0.360. The second-order valence-corrected chi connectivity index (χ2v) is 9.31. The van der Waals surface area contributed by atoms with Gasteiger partial charge in [-0.3, -0.25) is 19.7 Å². The Bertz CT molecular complexity index is 1290. The number of amides is 5. The van der Waals surface area contributed by atoms with Crippen LogP contribution in [-0.2, 0) is 28.9 Å². The molecule has 2 aliphatic rings. The average molecular weight is 520 g/mol. The number of nitrogens with one attached hydrogen (secondary N) is 3. The number of benzene rings is 2. The van der Waals surface area contributed by atoms with Gasteiger partial charge in [0.2, 0.25) is 11.8 Å². The van der Waals surface area contributed by atoms with Gasteiger partial charge >= 0.3 is 12.2 Å². The van der Waals surface area contributed by atoms with E-state index in [2.05, 4.69) is 16.0 Å². The van der Waals surface area contributed by atoms with Crippen molar-refractivity contribution >= 4 is 29.4 Å². The molecule has 0 aromatic heterocycles. The molecule has 2 aromatic carbocycles. The number of piperidine rings is 1. The predicted molar refractivity (Wildman–Crippen MR) is 124 cm³/mol. The Balaban J connectivity index is 1.45. The van der Waals surface area contributed by atoms with Crippen LogP contribution in [0.1, 0.15) is 65.2 Å². The molecular formula is C25H24F4N4O4. The minimum absolute atomic E-state index is 0.0429. The molecule has 12 heteroatoms. The van der Waals surface area contributed by atoms with E-state index in [0.29, 0.717) is 5.56 Å². The summed E-state index contributed by atoms with van der Waals surface area (Å²) in [5, 5.41) is 6.98. The predicted octanol–water partition coefficient (Wildman–Crippen LogP) is 4.05. The van der Waals surface area contributed by atoms with Gasteiger partial charge in [0, 0.05) is 29.8 Å². The lowest BCUT2D eigenvalue weighted by molar-refractivity contribution is -0.138. The molecule has 0 spiro atoms. The molecule has 0 bridgehead atoms. The van der Waals surface area contributed by atoms with Crippen LogP contribution in [0.3, 0.4) is 0 Å². The third kappa shape index (κ3) is 5.57.